The van der Waals surface area contributed by atoms with Gasteiger partial charge in [-0.2, -0.15) is 0 Å². The van der Waals surface area contributed by atoms with Crippen molar-refractivity contribution in [1.82, 2.24) is 0 Å². The standard InChI is InChI=1S/C24H30N4O4/c1-3-4-5-18-19-14-22(28-10-12-32-13-11-28)21(15-20(19)26-23(18)29)27-24(30)25-16-6-8-17(31-2)9-7-16/h6-9,14-15,18H,3-5,10-13H2,1-2H3,(H,26,29)(H2,25,27,30). The Morgan fingerprint density at radius 2 is 1.94 bits per heavy atom. The molecular weight excluding hydrogens is 408 g/mol. The number of urea groups is 1. The number of hydrogen-bond donors (Lipinski definition) is 3. The smallest absolute Gasteiger partial charge is 0.323 e. The maximum atomic E-state index is 12.8. The molecule has 3 N–H and O–H groups in total. The number of hydrogen-bond acceptors (Lipinski definition) is 5. The fourth-order valence-corrected chi connectivity index (χ4v) is 4.18. The first-order valence-corrected chi connectivity index (χ1v) is 11.1. The van der Waals surface area contributed by atoms with Crippen molar-refractivity contribution in [1.29, 1.82) is 0 Å². The van der Waals surface area contributed by atoms with E-state index in [1.165, 1.54) is 0 Å². The Morgan fingerprint density at radius 3 is 2.62 bits per heavy atom. The van der Waals surface area contributed by atoms with Gasteiger partial charge in [0.2, 0.25) is 5.91 Å². The summed E-state index contributed by atoms with van der Waals surface area (Å²) in [4.78, 5) is 27.6. The van der Waals surface area contributed by atoms with E-state index in [-0.39, 0.29) is 17.9 Å². The number of morpholine rings is 1. The second-order valence-corrected chi connectivity index (χ2v) is 8.05. The number of amides is 3. The summed E-state index contributed by atoms with van der Waals surface area (Å²) in [6.45, 7) is 4.85. The van der Waals surface area contributed by atoms with Gasteiger partial charge in [-0.1, -0.05) is 19.8 Å². The van der Waals surface area contributed by atoms with Crippen LogP contribution in [0.25, 0.3) is 0 Å². The quantitative estimate of drug-likeness (QED) is 0.596. The fourth-order valence-electron chi connectivity index (χ4n) is 4.18. The summed E-state index contributed by atoms with van der Waals surface area (Å²) >= 11 is 0. The van der Waals surface area contributed by atoms with Crippen molar-refractivity contribution in [2.45, 2.75) is 32.1 Å². The first-order valence-electron chi connectivity index (χ1n) is 11.1. The number of unbranched alkanes of at least 4 members (excludes halogenated alkanes) is 1. The molecule has 2 aromatic rings. The summed E-state index contributed by atoms with van der Waals surface area (Å²) in [6.07, 6.45) is 2.86. The van der Waals surface area contributed by atoms with Gasteiger partial charge in [-0.15, -0.1) is 0 Å². The molecule has 2 heterocycles. The van der Waals surface area contributed by atoms with Crippen LogP contribution in [-0.2, 0) is 9.53 Å². The summed E-state index contributed by atoms with van der Waals surface area (Å²) in [5.74, 6) is 0.602. The number of nitrogens with zero attached hydrogens (tertiary/aromatic N) is 1. The maximum Gasteiger partial charge on any atom is 0.323 e. The van der Waals surface area contributed by atoms with E-state index in [4.69, 9.17) is 9.47 Å². The number of methoxy groups -OCH3 is 1. The van der Waals surface area contributed by atoms with Gasteiger partial charge in [0.1, 0.15) is 5.75 Å². The number of carbonyl (C=O) groups excluding carboxylic acids is 2. The largest absolute Gasteiger partial charge is 0.497 e. The van der Waals surface area contributed by atoms with Gasteiger partial charge >= 0.3 is 6.03 Å². The van der Waals surface area contributed by atoms with E-state index in [0.29, 0.717) is 24.6 Å². The Labute approximate surface area is 188 Å². The van der Waals surface area contributed by atoms with Crippen molar-refractivity contribution in [2.24, 2.45) is 0 Å². The van der Waals surface area contributed by atoms with Crippen molar-refractivity contribution in [3.8, 4) is 5.75 Å². The Kier molecular flexibility index (Phi) is 6.80. The molecule has 0 spiro atoms. The van der Waals surface area contributed by atoms with Crippen LogP contribution in [-0.4, -0.2) is 45.4 Å². The SMILES string of the molecule is CCCCC1C(=O)Nc2cc(NC(=O)Nc3ccc(OC)cc3)c(N3CCOCC3)cc21. The van der Waals surface area contributed by atoms with Crippen LogP contribution in [0.15, 0.2) is 36.4 Å². The minimum absolute atomic E-state index is 0.0289. The third-order valence-electron chi connectivity index (χ3n) is 5.91. The predicted molar refractivity (Wildman–Crippen MR) is 126 cm³/mol. The third-order valence-corrected chi connectivity index (χ3v) is 5.91. The number of rotatable bonds is 7. The molecule has 1 fully saturated rings. The Hall–Kier alpha value is -3.26. The molecule has 0 radical (unpaired) electrons. The molecule has 4 rings (SSSR count). The van der Waals surface area contributed by atoms with Crippen LogP contribution in [0.3, 0.4) is 0 Å². The van der Waals surface area contributed by atoms with Crippen LogP contribution in [0.1, 0.15) is 37.7 Å². The second-order valence-electron chi connectivity index (χ2n) is 8.05. The molecule has 2 aliphatic heterocycles. The minimum atomic E-state index is -0.350. The zero-order chi connectivity index (χ0) is 22.5. The summed E-state index contributed by atoms with van der Waals surface area (Å²) in [7, 11) is 1.60. The molecule has 2 aliphatic rings. The van der Waals surface area contributed by atoms with Crippen LogP contribution < -0.4 is 25.6 Å². The van der Waals surface area contributed by atoms with Crippen LogP contribution in [0.2, 0.25) is 0 Å². The highest BCUT2D eigenvalue weighted by Gasteiger charge is 2.32. The first kappa shape index (κ1) is 22.0. The molecule has 8 nitrogen and oxygen atoms in total. The molecule has 32 heavy (non-hydrogen) atoms. The van der Waals surface area contributed by atoms with Crippen LogP contribution >= 0.6 is 0 Å². The number of nitrogens with one attached hydrogen (secondary N) is 3. The van der Waals surface area contributed by atoms with E-state index < -0.39 is 0 Å². The van der Waals surface area contributed by atoms with Gasteiger partial charge in [-0.25, -0.2) is 4.79 Å². The zero-order valence-electron chi connectivity index (χ0n) is 18.6. The Balaban J connectivity index is 1.59. The van der Waals surface area contributed by atoms with Gasteiger partial charge in [0.05, 0.1) is 37.6 Å². The summed E-state index contributed by atoms with van der Waals surface area (Å²) in [5, 5.41) is 8.82. The lowest BCUT2D eigenvalue weighted by atomic mass is 9.94. The lowest BCUT2D eigenvalue weighted by Crippen LogP contribution is -2.37. The summed E-state index contributed by atoms with van der Waals surface area (Å²) in [5.41, 5.74) is 4.01. The van der Waals surface area contributed by atoms with E-state index in [1.54, 1.807) is 31.4 Å². The molecule has 170 valence electrons. The molecule has 3 amide bonds. The van der Waals surface area contributed by atoms with Gasteiger partial charge in [-0.3, -0.25) is 4.79 Å². The first-order chi connectivity index (χ1) is 15.6. The van der Waals surface area contributed by atoms with Gasteiger partial charge in [-0.05, 0) is 48.4 Å². The topological polar surface area (TPSA) is 91.9 Å². The molecule has 2 aromatic carbocycles. The monoisotopic (exact) mass is 438 g/mol. The van der Waals surface area contributed by atoms with E-state index in [9.17, 15) is 9.59 Å². The highest BCUT2D eigenvalue weighted by Crippen LogP contribution is 2.42. The average molecular weight is 439 g/mol. The van der Waals surface area contributed by atoms with Crippen LogP contribution in [0.5, 0.6) is 5.75 Å². The van der Waals surface area contributed by atoms with E-state index in [1.807, 2.05) is 6.07 Å². The van der Waals surface area contributed by atoms with E-state index in [0.717, 1.165) is 55.0 Å². The van der Waals surface area contributed by atoms with Crippen LogP contribution in [0.4, 0.5) is 27.5 Å². The Morgan fingerprint density at radius 1 is 1.19 bits per heavy atom. The lowest BCUT2D eigenvalue weighted by molar-refractivity contribution is -0.117. The molecular formula is C24H30N4O4. The van der Waals surface area contributed by atoms with Crippen molar-refractivity contribution >= 4 is 34.7 Å². The lowest BCUT2D eigenvalue weighted by Gasteiger charge is -2.31. The normalized spacial score (nSPS) is 17.5. The number of benzene rings is 2. The highest BCUT2D eigenvalue weighted by molar-refractivity contribution is 6.07. The van der Waals surface area contributed by atoms with E-state index in [2.05, 4.69) is 33.8 Å². The van der Waals surface area contributed by atoms with Crippen molar-refractivity contribution in [3.63, 3.8) is 0 Å². The number of ether oxygens (including phenoxy) is 2. The van der Waals surface area contributed by atoms with Gasteiger partial charge in [0.15, 0.2) is 0 Å². The third kappa shape index (κ3) is 4.80. The Bertz CT molecular complexity index is 971. The molecule has 0 bridgehead atoms. The van der Waals surface area contributed by atoms with Gasteiger partial charge < -0.3 is 30.3 Å². The number of fused-ring (bicyclic) bond motifs is 1. The minimum Gasteiger partial charge on any atom is -0.497 e. The van der Waals surface area contributed by atoms with Crippen molar-refractivity contribution < 1.29 is 19.1 Å². The summed E-state index contributed by atoms with van der Waals surface area (Å²) in [6, 6.07) is 10.7. The molecule has 1 unspecified atom stereocenters. The fraction of sp³-hybridized carbons (Fsp3) is 0.417. The maximum absolute atomic E-state index is 12.8. The summed E-state index contributed by atoms with van der Waals surface area (Å²) < 4.78 is 10.7. The molecule has 1 atom stereocenters. The second kappa shape index (κ2) is 9.91. The number of carbonyl (C=O) groups is 2. The van der Waals surface area contributed by atoms with Crippen molar-refractivity contribution in [2.75, 3.05) is 54.3 Å². The average Bonchev–Trinajstić information content (AvgIpc) is 3.11. The highest BCUT2D eigenvalue weighted by atomic mass is 16.5. The zero-order valence-corrected chi connectivity index (χ0v) is 18.6. The molecule has 8 heteroatoms. The predicted octanol–water partition coefficient (Wildman–Crippen LogP) is 4.40. The molecule has 0 aliphatic carbocycles. The number of anilines is 4. The van der Waals surface area contributed by atoms with Gasteiger partial charge in [0, 0.05) is 24.5 Å². The van der Waals surface area contributed by atoms with Crippen molar-refractivity contribution in [3.05, 3.63) is 42.0 Å². The molecule has 1 saturated heterocycles. The van der Waals surface area contributed by atoms with Crippen LogP contribution in [0, 0.1) is 0 Å². The molecule has 0 saturated carbocycles. The van der Waals surface area contributed by atoms with Gasteiger partial charge in [0.25, 0.3) is 0 Å². The molecule has 0 aromatic heterocycles. The van der Waals surface area contributed by atoms with E-state index >= 15 is 0 Å².